The van der Waals surface area contributed by atoms with Gasteiger partial charge in [0.05, 0.1) is 42.6 Å². The molecule has 0 saturated heterocycles. The van der Waals surface area contributed by atoms with Crippen molar-refractivity contribution >= 4 is 43.7 Å². The molecule has 11 rings (SSSR count). The van der Waals surface area contributed by atoms with Gasteiger partial charge in [-0.05, 0) is 70.6 Å². The standard InChI is InChI=1S/C51H32N4O/c1-3-14-33(15-4-1)34-26-28-35(29-27-34)38-18-7-8-21-42(38)50-52-49(53-51(54-50)43-23-13-22-41-40-20-10-12-25-47(40)56-48(41)43)36-30-31-46-44(32-36)39-19-9-11-24-45(39)55(46)37-16-5-2-6-17-37/h1-32H/i2D,5D,6D,9D,10D,11D,12D,13D,16D,17D,19D,20D,22D,23D,24D,25D,30D,31D,32D. The molecule has 0 spiro atoms. The maximum Gasteiger partial charge on any atom is 0.167 e. The first-order valence-corrected chi connectivity index (χ1v) is 17.2. The van der Waals surface area contributed by atoms with Gasteiger partial charge in [0, 0.05) is 38.4 Å². The number of fused-ring (bicyclic) bond motifs is 6. The van der Waals surface area contributed by atoms with Gasteiger partial charge >= 0.3 is 0 Å². The molecule has 56 heavy (non-hydrogen) atoms. The van der Waals surface area contributed by atoms with Gasteiger partial charge in [-0.1, -0.05) is 145 Å². The molecule has 0 bridgehead atoms. The average Bonchev–Trinajstić information content (AvgIpc) is 4.11. The zero-order valence-electron chi connectivity index (χ0n) is 47.7. The van der Waals surface area contributed by atoms with Crippen LogP contribution in [0.4, 0.5) is 0 Å². The topological polar surface area (TPSA) is 56.7 Å². The lowest BCUT2D eigenvalue weighted by Crippen LogP contribution is -2.01. The quantitative estimate of drug-likeness (QED) is 0.171. The molecule has 3 heterocycles. The lowest BCUT2D eigenvalue weighted by Gasteiger charge is -2.13. The van der Waals surface area contributed by atoms with Gasteiger partial charge in [-0.15, -0.1) is 0 Å². The molecule has 0 N–H and O–H groups in total. The number of para-hydroxylation sites is 4. The van der Waals surface area contributed by atoms with Gasteiger partial charge in [-0.25, -0.2) is 15.0 Å². The van der Waals surface area contributed by atoms with Gasteiger partial charge in [-0.3, -0.25) is 0 Å². The second kappa shape index (κ2) is 13.0. The Morgan fingerprint density at radius 2 is 1.04 bits per heavy atom. The molecule has 11 aromatic rings. The average molecular weight is 736 g/mol. The number of benzene rings is 8. The minimum absolute atomic E-state index is 0.166. The Morgan fingerprint density at radius 3 is 1.88 bits per heavy atom. The summed E-state index contributed by atoms with van der Waals surface area (Å²) in [5.41, 5.74) is 0.202. The molecule has 5 nitrogen and oxygen atoms in total. The van der Waals surface area contributed by atoms with Gasteiger partial charge in [-0.2, -0.15) is 0 Å². The fourth-order valence-corrected chi connectivity index (χ4v) is 6.81. The predicted molar refractivity (Wildman–Crippen MR) is 229 cm³/mol. The van der Waals surface area contributed by atoms with Crippen LogP contribution >= 0.6 is 0 Å². The molecule has 3 aromatic heterocycles. The summed E-state index contributed by atoms with van der Waals surface area (Å²) in [5.74, 6) is -1.15. The van der Waals surface area contributed by atoms with Crippen LogP contribution in [0, 0.1) is 0 Å². The maximum atomic E-state index is 9.95. The van der Waals surface area contributed by atoms with Crippen molar-refractivity contribution in [1.29, 1.82) is 0 Å². The first kappa shape index (κ1) is 18.1. The molecule has 0 unspecified atom stereocenters. The summed E-state index contributed by atoms with van der Waals surface area (Å²) in [4.78, 5) is 14.4. The zero-order valence-corrected chi connectivity index (χ0v) is 28.7. The van der Waals surface area contributed by atoms with Crippen molar-refractivity contribution in [2.24, 2.45) is 0 Å². The maximum absolute atomic E-state index is 9.95. The van der Waals surface area contributed by atoms with Crippen LogP contribution in [-0.4, -0.2) is 19.5 Å². The smallest absolute Gasteiger partial charge is 0.167 e. The van der Waals surface area contributed by atoms with E-state index in [9.17, 15) is 5.48 Å². The highest BCUT2D eigenvalue weighted by atomic mass is 16.3. The van der Waals surface area contributed by atoms with E-state index in [-0.39, 0.29) is 33.3 Å². The van der Waals surface area contributed by atoms with Crippen LogP contribution in [0.15, 0.2) is 198 Å². The summed E-state index contributed by atoms with van der Waals surface area (Å²) in [7, 11) is 0. The summed E-state index contributed by atoms with van der Waals surface area (Å²) in [6, 6.07) is 10.4. The van der Waals surface area contributed by atoms with Crippen molar-refractivity contribution in [3.05, 3.63) is 194 Å². The number of hydrogen-bond donors (Lipinski definition) is 0. The van der Waals surface area contributed by atoms with Gasteiger partial charge < -0.3 is 8.98 Å². The number of aromatic nitrogens is 4. The number of hydrogen-bond acceptors (Lipinski definition) is 4. The monoisotopic (exact) mass is 735 g/mol. The summed E-state index contributed by atoms with van der Waals surface area (Å²) < 4.78 is 176. The highest BCUT2D eigenvalue weighted by molar-refractivity contribution is 6.11. The highest BCUT2D eigenvalue weighted by Gasteiger charge is 2.20. The van der Waals surface area contributed by atoms with Crippen LogP contribution in [0.25, 0.3) is 106 Å². The molecule has 0 atom stereocenters. The van der Waals surface area contributed by atoms with E-state index < -0.39 is 160 Å². The van der Waals surface area contributed by atoms with Gasteiger partial charge in [0.15, 0.2) is 17.5 Å². The molecular formula is C51H32N4O. The highest BCUT2D eigenvalue weighted by Crippen LogP contribution is 2.39. The summed E-state index contributed by atoms with van der Waals surface area (Å²) in [6.45, 7) is 0. The normalized spacial score (nSPS) is 16.3. The van der Waals surface area contributed by atoms with E-state index in [0.717, 1.165) is 15.7 Å². The lowest BCUT2D eigenvalue weighted by molar-refractivity contribution is 0.669. The van der Waals surface area contributed by atoms with E-state index in [0.29, 0.717) is 16.7 Å². The minimum atomic E-state index is -0.808. The molecule has 0 aliphatic carbocycles. The zero-order chi connectivity index (χ0) is 53.5. The predicted octanol–water partition coefficient (Wildman–Crippen LogP) is 13.2. The third-order valence-electron chi connectivity index (χ3n) is 9.36. The Balaban J connectivity index is 1.28. The van der Waals surface area contributed by atoms with Crippen LogP contribution in [0.5, 0.6) is 0 Å². The molecule has 5 heteroatoms. The third kappa shape index (κ3) is 5.29. The SMILES string of the molecule is [2H]c1c([2H])c([2H])c(-n2c3c([2H])c([2H])c([2H])c([2H])c3c3c([2H])c(-c4nc(-c5ccccc5-c5ccc(-c6ccccc6)cc5)nc(-c5c([2H])c([2H])c([2H])c6c5oc5c([2H])c([2H])c([2H])c([2H])c56)n4)c([2H])c([2H])c32)c([2H])c1[2H]. The van der Waals surface area contributed by atoms with Gasteiger partial charge in [0.2, 0.25) is 0 Å². The van der Waals surface area contributed by atoms with E-state index in [1.54, 1.807) is 24.3 Å². The molecule has 262 valence electrons. The largest absolute Gasteiger partial charge is 0.455 e. The summed E-state index contributed by atoms with van der Waals surface area (Å²) in [6.07, 6.45) is 0. The van der Waals surface area contributed by atoms with E-state index in [1.807, 2.05) is 54.6 Å². The molecule has 8 aromatic carbocycles. The molecule has 0 amide bonds. The molecule has 0 aliphatic rings. The van der Waals surface area contributed by atoms with Crippen molar-refractivity contribution in [3.63, 3.8) is 0 Å². The number of furan rings is 1. The Morgan fingerprint density at radius 1 is 0.411 bits per heavy atom. The Kier molecular flexibility index (Phi) is 4.22. The van der Waals surface area contributed by atoms with Gasteiger partial charge in [0.1, 0.15) is 11.2 Å². The second-order valence-electron chi connectivity index (χ2n) is 12.6. The van der Waals surface area contributed by atoms with Crippen molar-refractivity contribution < 1.29 is 30.5 Å². The molecule has 0 saturated carbocycles. The molecule has 0 aliphatic heterocycles. The Bertz CT molecular complexity index is 4320. The second-order valence-corrected chi connectivity index (χ2v) is 12.6. The number of rotatable bonds is 6. The van der Waals surface area contributed by atoms with Crippen LogP contribution in [0.3, 0.4) is 0 Å². The van der Waals surface area contributed by atoms with Crippen LogP contribution < -0.4 is 0 Å². The summed E-state index contributed by atoms with van der Waals surface area (Å²) >= 11 is 0. The lowest BCUT2D eigenvalue weighted by atomic mass is 9.96. The van der Waals surface area contributed by atoms with Crippen molar-refractivity contribution in [2.75, 3.05) is 0 Å². The van der Waals surface area contributed by atoms with Crippen LogP contribution in [0.1, 0.15) is 26.0 Å². The van der Waals surface area contributed by atoms with E-state index in [2.05, 4.69) is 0 Å². The Hall–Kier alpha value is -7.63. The van der Waals surface area contributed by atoms with E-state index in [1.165, 1.54) is 0 Å². The van der Waals surface area contributed by atoms with E-state index in [4.69, 9.17) is 39.9 Å². The molecule has 0 radical (unpaired) electrons. The van der Waals surface area contributed by atoms with Crippen molar-refractivity contribution in [3.8, 4) is 62.1 Å². The Labute approximate surface area is 349 Å². The van der Waals surface area contributed by atoms with Crippen LogP contribution in [0.2, 0.25) is 0 Å². The number of nitrogens with zero attached hydrogens (tertiary/aromatic N) is 4. The van der Waals surface area contributed by atoms with Crippen LogP contribution in [-0.2, 0) is 0 Å². The fraction of sp³-hybridized carbons (Fsp3) is 0. The van der Waals surface area contributed by atoms with Crippen molar-refractivity contribution in [2.45, 2.75) is 0 Å². The van der Waals surface area contributed by atoms with Gasteiger partial charge in [0.25, 0.3) is 0 Å². The molecular weight excluding hydrogens is 685 g/mol. The fourth-order valence-electron chi connectivity index (χ4n) is 6.81. The molecule has 0 fully saturated rings. The third-order valence-corrected chi connectivity index (χ3v) is 9.36. The van der Waals surface area contributed by atoms with E-state index >= 15 is 0 Å². The first-order valence-electron chi connectivity index (χ1n) is 26.7. The minimum Gasteiger partial charge on any atom is -0.455 e. The van der Waals surface area contributed by atoms with Crippen molar-refractivity contribution in [1.82, 2.24) is 19.5 Å². The first-order chi connectivity index (χ1) is 35.7. The summed E-state index contributed by atoms with van der Waals surface area (Å²) in [5, 5.41) is -1.31.